The molecule has 2 heterocycles. The van der Waals surface area contributed by atoms with Crippen molar-refractivity contribution >= 4 is 23.4 Å². The summed E-state index contributed by atoms with van der Waals surface area (Å²) >= 11 is 1.43. The molecule has 152 valence electrons. The van der Waals surface area contributed by atoms with E-state index in [1.165, 1.54) is 11.8 Å². The van der Waals surface area contributed by atoms with Crippen LogP contribution in [0, 0.1) is 13.8 Å². The van der Waals surface area contributed by atoms with Gasteiger partial charge < -0.3 is 4.74 Å². The van der Waals surface area contributed by atoms with Gasteiger partial charge in [0.05, 0.1) is 5.69 Å². The number of aromatic nitrogens is 3. The molecule has 1 atom stereocenters. The van der Waals surface area contributed by atoms with Crippen molar-refractivity contribution in [3.63, 3.8) is 0 Å². The molecule has 4 rings (SSSR count). The smallest absolute Gasteiger partial charge is 0.247 e. The second-order valence-electron chi connectivity index (χ2n) is 7.08. The van der Waals surface area contributed by atoms with Crippen LogP contribution in [0.1, 0.15) is 29.8 Å². The van der Waals surface area contributed by atoms with E-state index in [2.05, 4.69) is 21.8 Å². The second kappa shape index (κ2) is 8.28. The number of thioether (sulfide) groups is 1. The van der Waals surface area contributed by atoms with Crippen LogP contribution in [0.2, 0.25) is 0 Å². The van der Waals surface area contributed by atoms with E-state index in [0.29, 0.717) is 22.5 Å². The van der Waals surface area contributed by atoms with E-state index in [4.69, 9.17) is 4.74 Å². The molecule has 1 aliphatic heterocycles. The zero-order chi connectivity index (χ0) is 21.3. The summed E-state index contributed by atoms with van der Waals surface area (Å²) in [7, 11) is 0. The summed E-state index contributed by atoms with van der Waals surface area (Å²) in [5, 5.41) is 9.15. The van der Waals surface area contributed by atoms with Gasteiger partial charge in [-0.25, -0.2) is 0 Å². The van der Waals surface area contributed by atoms with Gasteiger partial charge in [0.25, 0.3) is 0 Å². The molecule has 0 saturated carbocycles. The number of hydrogen-bond donors (Lipinski definition) is 0. The summed E-state index contributed by atoms with van der Waals surface area (Å²) < 4.78 is 6.41. The summed E-state index contributed by atoms with van der Waals surface area (Å²) in [6.07, 6.45) is 1.12. The van der Waals surface area contributed by atoms with Gasteiger partial charge in [-0.3, -0.25) is 9.69 Å². The molecule has 0 bridgehead atoms. The van der Waals surface area contributed by atoms with E-state index in [9.17, 15) is 4.79 Å². The lowest BCUT2D eigenvalue weighted by molar-refractivity contribution is -0.118. The van der Waals surface area contributed by atoms with Gasteiger partial charge in [-0.15, -0.1) is 16.8 Å². The van der Waals surface area contributed by atoms with Gasteiger partial charge in [0.2, 0.25) is 23.2 Å². The summed E-state index contributed by atoms with van der Waals surface area (Å²) in [5.74, 6) is 0.894. The summed E-state index contributed by atoms with van der Waals surface area (Å²) in [5.41, 5.74) is 5.02. The highest BCUT2D eigenvalue weighted by Crippen LogP contribution is 2.43. The molecule has 7 heteroatoms. The van der Waals surface area contributed by atoms with Crippen LogP contribution >= 0.6 is 11.8 Å². The Balaban J connectivity index is 1.95. The predicted octanol–water partition coefficient (Wildman–Crippen LogP) is 4.88. The average molecular weight is 419 g/mol. The number of amides is 1. The van der Waals surface area contributed by atoms with Gasteiger partial charge in [0, 0.05) is 23.8 Å². The van der Waals surface area contributed by atoms with Crippen LogP contribution in [0.15, 0.2) is 60.3 Å². The predicted molar refractivity (Wildman–Crippen MR) is 119 cm³/mol. The number of aryl methyl sites for hydroxylation is 2. The molecule has 0 N–H and O–H groups in total. The van der Waals surface area contributed by atoms with E-state index < -0.39 is 6.23 Å². The highest BCUT2D eigenvalue weighted by atomic mass is 32.2. The van der Waals surface area contributed by atoms with Crippen LogP contribution in [0.5, 0.6) is 5.88 Å². The number of rotatable bonds is 4. The number of para-hydroxylation sites is 1. The van der Waals surface area contributed by atoms with Crippen LogP contribution in [0.25, 0.3) is 11.3 Å². The monoisotopic (exact) mass is 418 g/mol. The Bertz CT molecular complexity index is 1130. The minimum Gasteiger partial charge on any atom is -0.447 e. The molecule has 0 saturated heterocycles. The molecule has 0 spiro atoms. The Kier molecular flexibility index (Phi) is 5.55. The first-order valence-electron chi connectivity index (χ1n) is 9.61. The van der Waals surface area contributed by atoms with Crippen molar-refractivity contribution in [1.82, 2.24) is 15.2 Å². The number of carbonyl (C=O) groups is 1. The normalized spacial score (nSPS) is 14.9. The van der Waals surface area contributed by atoms with Crippen molar-refractivity contribution in [2.75, 3.05) is 10.7 Å². The first-order chi connectivity index (χ1) is 14.5. The molecule has 1 amide bonds. The molecule has 0 aliphatic carbocycles. The van der Waals surface area contributed by atoms with Crippen LogP contribution in [-0.4, -0.2) is 26.8 Å². The van der Waals surface area contributed by atoms with E-state index >= 15 is 0 Å². The fraction of sp³-hybridized carbons (Fsp3) is 0.217. The highest BCUT2D eigenvalue weighted by molar-refractivity contribution is 7.99. The van der Waals surface area contributed by atoms with Crippen LogP contribution < -0.4 is 9.64 Å². The lowest BCUT2D eigenvalue weighted by Gasteiger charge is -2.31. The van der Waals surface area contributed by atoms with Crippen molar-refractivity contribution in [3.05, 3.63) is 71.8 Å². The largest absolute Gasteiger partial charge is 0.447 e. The third-order valence-electron chi connectivity index (χ3n) is 4.88. The van der Waals surface area contributed by atoms with Crippen molar-refractivity contribution in [1.29, 1.82) is 0 Å². The molecule has 1 unspecified atom stereocenters. The SMILES string of the molecule is C=CCSc1nnc2c(n1)OC(c1cc(C)ccc1C)N(C(C)=O)c1ccccc1-2. The maximum atomic E-state index is 12.8. The third kappa shape index (κ3) is 3.68. The molecule has 1 aromatic heterocycles. The Morgan fingerprint density at radius 1 is 1.23 bits per heavy atom. The van der Waals surface area contributed by atoms with Gasteiger partial charge in [0.15, 0.2) is 5.69 Å². The van der Waals surface area contributed by atoms with Crippen LogP contribution in [0.4, 0.5) is 5.69 Å². The number of benzene rings is 2. The first kappa shape index (κ1) is 20.1. The van der Waals surface area contributed by atoms with Crippen LogP contribution in [0.3, 0.4) is 0 Å². The molecule has 2 aromatic carbocycles. The third-order valence-corrected chi connectivity index (χ3v) is 5.72. The quantitative estimate of drug-likeness (QED) is 0.444. The zero-order valence-electron chi connectivity index (χ0n) is 17.1. The minimum absolute atomic E-state index is 0.129. The summed E-state index contributed by atoms with van der Waals surface area (Å²) in [6, 6.07) is 13.7. The molecule has 0 radical (unpaired) electrons. The topological polar surface area (TPSA) is 68.2 Å². The summed E-state index contributed by atoms with van der Waals surface area (Å²) in [4.78, 5) is 19.1. The maximum absolute atomic E-state index is 12.8. The van der Waals surface area contributed by atoms with Gasteiger partial charge in [0.1, 0.15) is 0 Å². The van der Waals surface area contributed by atoms with E-state index in [0.717, 1.165) is 27.9 Å². The minimum atomic E-state index is -0.668. The van der Waals surface area contributed by atoms with E-state index in [1.54, 1.807) is 17.9 Å². The van der Waals surface area contributed by atoms with Gasteiger partial charge in [-0.2, -0.15) is 4.98 Å². The Morgan fingerprint density at radius 3 is 2.80 bits per heavy atom. The molecule has 0 fully saturated rings. The molecule has 30 heavy (non-hydrogen) atoms. The molecular weight excluding hydrogens is 396 g/mol. The molecular formula is C23H22N4O2S. The fourth-order valence-corrected chi connectivity index (χ4v) is 3.99. The molecule has 1 aliphatic rings. The maximum Gasteiger partial charge on any atom is 0.247 e. The van der Waals surface area contributed by atoms with Gasteiger partial charge in [-0.05, 0) is 25.5 Å². The van der Waals surface area contributed by atoms with E-state index in [1.807, 2.05) is 56.3 Å². The number of carbonyl (C=O) groups excluding carboxylic acids is 1. The number of nitrogens with zero attached hydrogens (tertiary/aromatic N) is 4. The Labute approximate surface area is 180 Å². The molecule has 3 aromatic rings. The zero-order valence-corrected chi connectivity index (χ0v) is 17.9. The van der Waals surface area contributed by atoms with Gasteiger partial charge >= 0.3 is 0 Å². The van der Waals surface area contributed by atoms with E-state index in [-0.39, 0.29) is 5.91 Å². The number of fused-ring (bicyclic) bond motifs is 3. The summed E-state index contributed by atoms with van der Waals surface area (Å²) in [6.45, 7) is 9.31. The lowest BCUT2D eigenvalue weighted by Crippen LogP contribution is -2.36. The second-order valence-corrected chi connectivity index (χ2v) is 8.07. The van der Waals surface area contributed by atoms with Crippen molar-refractivity contribution < 1.29 is 9.53 Å². The molecule has 6 nitrogen and oxygen atoms in total. The highest BCUT2D eigenvalue weighted by Gasteiger charge is 2.35. The average Bonchev–Trinajstić information content (AvgIpc) is 2.88. The first-order valence-corrected chi connectivity index (χ1v) is 10.6. The van der Waals surface area contributed by atoms with Crippen molar-refractivity contribution in [2.24, 2.45) is 0 Å². The lowest BCUT2D eigenvalue weighted by atomic mass is 10.0. The van der Waals surface area contributed by atoms with Crippen molar-refractivity contribution in [3.8, 4) is 17.1 Å². The Morgan fingerprint density at radius 2 is 2.03 bits per heavy atom. The Hall–Kier alpha value is -3.19. The van der Waals surface area contributed by atoms with Crippen molar-refractivity contribution in [2.45, 2.75) is 32.2 Å². The van der Waals surface area contributed by atoms with Gasteiger partial charge in [-0.1, -0.05) is 59.8 Å². The van der Waals surface area contributed by atoms with Crippen LogP contribution in [-0.2, 0) is 4.79 Å². The fourth-order valence-electron chi connectivity index (χ4n) is 3.48. The number of ether oxygens (including phenoxy) is 1. The number of anilines is 1. The number of hydrogen-bond acceptors (Lipinski definition) is 6. The standard InChI is InChI=1S/C23H22N4O2S/c1-5-12-30-23-24-21-20(25-26-23)17-8-6-7-9-19(17)27(16(4)28)22(29-21)18-13-14(2)10-11-15(18)3/h5-11,13,22H,1,12H2,2-4H3.